The van der Waals surface area contributed by atoms with E-state index in [-0.39, 0.29) is 23.3 Å². The quantitative estimate of drug-likeness (QED) is 0.629. The summed E-state index contributed by atoms with van der Waals surface area (Å²) in [5.74, 6) is 0.0417. The SMILES string of the molecule is O=C(c1ccccc1[N+](=O)[O-])N1CCC(Oc2cccnn2)C1. The van der Waals surface area contributed by atoms with Crippen LogP contribution in [0.4, 0.5) is 5.69 Å². The van der Waals surface area contributed by atoms with Crippen LogP contribution in [0.25, 0.3) is 0 Å². The number of nitrogens with zero attached hydrogens (tertiary/aromatic N) is 4. The van der Waals surface area contributed by atoms with E-state index in [2.05, 4.69) is 10.2 Å². The van der Waals surface area contributed by atoms with Gasteiger partial charge in [0.05, 0.1) is 11.5 Å². The number of ether oxygens (including phenoxy) is 1. The Hall–Kier alpha value is -3.03. The number of hydrogen-bond donors (Lipinski definition) is 0. The van der Waals surface area contributed by atoms with Gasteiger partial charge in [0.1, 0.15) is 11.7 Å². The zero-order valence-electron chi connectivity index (χ0n) is 12.2. The molecule has 1 amide bonds. The number of carbonyl (C=O) groups is 1. The van der Waals surface area contributed by atoms with Crippen LogP contribution in [0, 0.1) is 10.1 Å². The summed E-state index contributed by atoms with van der Waals surface area (Å²) in [6.45, 7) is 0.845. The number of rotatable bonds is 4. The smallest absolute Gasteiger partial charge is 0.282 e. The average molecular weight is 314 g/mol. The normalized spacial score (nSPS) is 17.0. The predicted octanol–water partition coefficient (Wildman–Crippen LogP) is 1.68. The average Bonchev–Trinajstić information content (AvgIpc) is 3.03. The van der Waals surface area contributed by atoms with E-state index in [1.165, 1.54) is 12.1 Å². The fraction of sp³-hybridized carbons (Fsp3) is 0.267. The topological polar surface area (TPSA) is 98.5 Å². The predicted molar refractivity (Wildman–Crippen MR) is 80.1 cm³/mol. The Morgan fingerprint density at radius 1 is 1.30 bits per heavy atom. The van der Waals surface area contributed by atoms with Crippen molar-refractivity contribution in [2.24, 2.45) is 0 Å². The van der Waals surface area contributed by atoms with Crippen molar-refractivity contribution < 1.29 is 14.5 Å². The molecule has 2 heterocycles. The van der Waals surface area contributed by atoms with Gasteiger partial charge in [-0.05, 0) is 12.1 Å². The fourth-order valence-corrected chi connectivity index (χ4v) is 2.51. The van der Waals surface area contributed by atoms with Gasteiger partial charge in [-0.1, -0.05) is 12.1 Å². The number of hydrogen-bond acceptors (Lipinski definition) is 6. The van der Waals surface area contributed by atoms with Crippen molar-refractivity contribution in [1.29, 1.82) is 0 Å². The molecule has 0 radical (unpaired) electrons. The Labute approximate surface area is 131 Å². The van der Waals surface area contributed by atoms with E-state index in [0.29, 0.717) is 25.4 Å². The van der Waals surface area contributed by atoms with E-state index >= 15 is 0 Å². The maximum atomic E-state index is 12.5. The number of para-hydroxylation sites is 1. The van der Waals surface area contributed by atoms with Crippen LogP contribution in [0.5, 0.6) is 5.88 Å². The molecule has 1 saturated heterocycles. The maximum absolute atomic E-state index is 12.5. The molecule has 0 saturated carbocycles. The second kappa shape index (κ2) is 6.39. The largest absolute Gasteiger partial charge is 0.471 e. The minimum absolute atomic E-state index is 0.0950. The standard InChI is InChI=1S/C15H14N4O4/c20-15(12-4-1-2-5-13(12)19(21)22)18-9-7-11(10-18)23-14-6-3-8-16-17-14/h1-6,8,11H,7,9-10H2. The van der Waals surface area contributed by atoms with Gasteiger partial charge < -0.3 is 9.64 Å². The molecule has 1 unspecified atom stereocenters. The second-order valence-corrected chi connectivity index (χ2v) is 5.12. The lowest BCUT2D eigenvalue weighted by molar-refractivity contribution is -0.385. The summed E-state index contributed by atoms with van der Waals surface area (Å²) in [5.41, 5.74) is -0.0894. The number of amides is 1. The van der Waals surface area contributed by atoms with E-state index in [1.807, 2.05) is 0 Å². The first kappa shape index (κ1) is 14.9. The number of nitro groups is 1. The highest BCUT2D eigenvalue weighted by molar-refractivity contribution is 5.98. The van der Waals surface area contributed by atoms with Gasteiger partial charge in [-0.2, -0.15) is 5.10 Å². The maximum Gasteiger partial charge on any atom is 0.282 e. The molecule has 0 bridgehead atoms. The van der Waals surface area contributed by atoms with Crippen molar-refractivity contribution in [3.8, 4) is 5.88 Å². The molecule has 118 valence electrons. The van der Waals surface area contributed by atoms with Gasteiger partial charge in [0.25, 0.3) is 11.6 Å². The third kappa shape index (κ3) is 3.25. The molecule has 1 aromatic heterocycles. The van der Waals surface area contributed by atoms with Crippen LogP contribution >= 0.6 is 0 Å². The van der Waals surface area contributed by atoms with Crippen molar-refractivity contribution in [2.75, 3.05) is 13.1 Å². The third-order valence-electron chi connectivity index (χ3n) is 3.60. The number of carbonyl (C=O) groups excluding carboxylic acids is 1. The summed E-state index contributed by atoms with van der Waals surface area (Å²) in [5, 5.41) is 18.6. The molecular formula is C15H14N4O4. The Bertz CT molecular complexity index is 722. The minimum Gasteiger partial charge on any atom is -0.471 e. The van der Waals surface area contributed by atoms with E-state index in [1.54, 1.807) is 35.4 Å². The van der Waals surface area contributed by atoms with Gasteiger partial charge in [0.2, 0.25) is 5.88 Å². The molecule has 23 heavy (non-hydrogen) atoms. The zero-order valence-corrected chi connectivity index (χ0v) is 12.2. The summed E-state index contributed by atoms with van der Waals surface area (Å²) in [6.07, 6.45) is 1.99. The summed E-state index contributed by atoms with van der Waals surface area (Å²) >= 11 is 0. The third-order valence-corrected chi connectivity index (χ3v) is 3.60. The van der Waals surface area contributed by atoms with E-state index in [4.69, 9.17) is 4.74 Å². The summed E-state index contributed by atoms with van der Waals surface area (Å²) in [4.78, 5) is 24.6. The van der Waals surface area contributed by atoms with Crippen molar-refractivity contribution in [1.82, 2.24) is 15.1 Å². The summed E-state index contributed by atoms with van der Waals surface area (Å²) in [7, 11) is 0. The fourth-order valence-electron chi connectivity index (χ4n) is 2.51. The minimum atomic E-state index is -0.545. The highest BCUT2D eigenvalue weighted by Crippen LogP contribution is 2.23. The number of aromatic nitrogens is 2. The Morgan fingerprint density at radius 3 is 2.87 bits per heavy atom. The number of likely N-dealkylation sites (tertiary alicyclic amines) is 1. The monoisotopic (exact) mass is 314 g/mol. The summed E-state index contributed by atoms with van der Waals surface area (Å²) < 4.78 is 5.67. The van der Waals surface area contributed by atoms with Crippen LogP contribution < -0.4 is 4.74 Å². The molecule has 8 heteroatoms. The molecule has 1 aliphatic heterocycles. The molecule has 0 N–H and O–H groups in total. The molecule has 0 aliphatic carbocycles. The van der Waals surface area contributed by atoms with E-state index in [0.717, 1.165) is 0 Å². The van der Waals surface area contributed by atoms with Gasteiger partial charge in [-0.15, -0.1) is 5.10 Å². The first-order chi connectivity index (χ1) is 11.1. The van der Waals surface area contributed by atoms with Crippen molar-refractivity contribution in [2.45, 2.75) is 12.5 Å². The van der Waals surface area contributed by atoms with E-state index < -0.39 is 4.92 Å². The molecule has 1 atom stereocenters. The first-order valence-electron chi connectivity index (χ1n) is 7.12. The molecular weight excluding hydrogens is 300 g/mol. The highest BCUT2D eigenvalue weighted by Gasteiger charge is 2.31. The van der Waals surface area contributed by atoms with Crippen LogP contribution in [0.2, 0.25) is 0 Å². The van der Waals surface area contributed by atoms with Crippen LogP contribution in [-0.4, -0.2) is 45.1 Å². The molecule has 2 aromatic rings. The van der Waals surface area contributed by atoms with E-state index in [9.17, 15) is 14.9 Å². The van der Waals surface area contributed by atoms with Crippen molar-refractivity contribution in [3.05, 3.63) is 58.3 Å². The van der Waals surface area contributed by atoms with Gasteiger partial charge in [-0.25, -0.2) is 0 Å². The highest BCUT2D eigenvalue weighted by atomic mass is 16.6. The first-order valence-corrected chi connectivity index (χ1v) is 7.12. The van der Waals surface area contributed by atoms with Gasteiger partial charge in [0.15, 0.2) is 0 Å². The number of benzene rings is 1. The van der Waals surface area contributed by atoms with Crippen molar-refractivity contribution in [3.63, 3.8) is 0 Å². The zero-order chi connectivity index (χ0) is 16.2. The second-order valence-electron chi connectivity index (χ2n) is 5.12. The van der Waals surface area contributed by atoms with Crippen molar-refractivity contribution >= 4 is 11.6 Å². The van der Waals surface area contributed by atoms with Gasteiger partial charge >= 0.3 is 0 Å². The van der Waals surface area contributed by atoms with Crippen LogP contribution in [-0.2, 0) is 0 Å². The number of nitro benzene ring substituents is 1. The molecule has 0 spiro atoms. The molecule has 8 nitrogen and oxygen atoms in total. The van der Waals surface area contributed by atoms with Crippen LogP contribution in [0.1, 0.15) is 16.8 Å². The summed E-state index contributed by atoms with van der Waals surface area (Å²) in [6, 6.07) is 9.37. The molecule has 1 aliphatic rings. The van der Waals surface area contributed by atoms with Gasteiger partial charge in [0, 0.05) is 31.3 Å². The molecule has 3 rings (SSSR count). The molecule has 1 fully saturated rings. The lowest BCUT2D eigenvalue weighted by atomic mass is 10.1. The lowest BCUT2D eigenvalue weighted by Gasteiger charge is -2.16. The molecule has 1 aromatic carbocycles. The van der Waals surface area contributed by atoms with Crippen LogP contribution in [0.3, 0.4) is 0 Å². The lowest BCUT2D eigenvalue weighted by Crippen LogP contribution is -2.31. The Kier molecular flexibility index (Phi) is 4.13. The Morgan fingerprint density at radius 2 is 2.13 bits per heavy atom. The van der Waals surface area contributed by atoms with Crippen LogP contribution in [0.15, 0.2) is 42.6 Å². The van der Waals surface area contributed by atoms with Gasteiger partial charge in [-0.3, -0.25) is 14.9 Å². The Balaban J connectivity index is 1.69.